The summed E-state index contributed by atoms with van der Waals surface area (Å²) in [5.41, 5.74) is 1.53. The first-order valence-corrected chi connectivity index (χ1v) is 13.2. The maximum atomic E-state index is 15.6. The second-order valence-electron chi connectivity index (χ2n) is 10.3. The number of nitrogens with zero attached hydrogens (tertiary/aromatic N) is 5. The standard InChI is InChI=1S/C26H30ClFN6O5/c1-12(2)34-18-7-14(6-16(28)22(18)31-24(34)13-4-5-33(10-13)26(36)37-3)21-15(27)9-29-25(32-21)30-17-8-20-38-11-19(39-20)23(17)35/h6-7,9,12-13,17,19-20,23,35H,4-5,8,10-11H2,1-3H3,(H,29,30,32)/t13-,17-,19+,20+,23+/m1/s1/i8D/t8-,13-,17-,19+,20+,23+. The molecule has 0 unspecified atom stereocenters. The Bertz CT molecular complexity index is 1440. The third-order valence-corrected chi connectivity index (χ3v) is 7.72. The average molecular weight is 562 g/mol. The van der Waals surface area contributed by atoms with Crippen molar-refractivity contribution in [2.75, 3.05) is 32.1 Å². The molecule has 208 valence electrons. The van der Waals surface area contributed by atoms with E-state index in [-0.39, 0.29) is 40.7 Å². The highest BCUT2D eigenvalue weighted by atomic mass is 35.5. The van der Waals surface area contributed by atoms with Crippen molar-refractivity contribution in [1.29, 1.82) is 0 Å². The maximum absolute atomic E-state index is 15.6. The monoisotopic (exact) mass is 561 g/mol. The van der Waals surface area contributed by atoms with Crippen LogP contribution in [0.5, 0.6) is 0 Å². The number of anilines is 1. The number of aliphatic hydroxyl groups excluding tert-OH is 1. The molecule has 13 heteroatoms. The molecule has 3 saturated heterocycles. The topological polar surface area (TPSA) is 124 Å². The number of amides is 1. The van der Waals surface area contributed by atoms with E-state index in [0.29, 0.717) is 36.4 Å². The van der Waals surface area contributed by atoms with E-state index in [4.69, 9.17) is 27.2 Å². The SMILES string of the molecule is [2H][C@H]1[C@H]2OC[C@H](O2)[C@@H](O)[C@@H]1Nc1ncc(Cl)c(-c2cc(F)c3nc([C@@H]4CCN(C(=O)OC)C4)n(C(C)C)c3c2)n1. The molecule has 0 spiro atoms. The number of halogens is 2. The van der Waals surface area contributed by atoms with Crippen molar-refractivity contribution in [3.05, 3.63) is 35.0 Å². The van der Waals surface area contributed by atoms with Gasteiger partial charge in [-0.15, -0.1) is 0 Å². The number of carbonyl (C=O) groups excluding carboxylic acids is 1. The molecule has 5 heterocycles. The van der Waals surface area contributed by atoms with Gasteiger partial charge in [-0.25, -0.2) is 24.1 Å². The van der Waals surface area contributed by atoms with Crippen molar-refractivity contribution in [1.82, 2.24) is 24.4 Å². The molecule has 39 heavy (non-hydrogen) atoms. The van der Waals surface area contributed by atoms with E-state index in [0.717, 1.165) is 0 Å². The molecule has 1 aromatic carbocycles. The van der Waals surface area contributed by atoms with Crippen molar-refractivity contribution in [2.24, 2.45) is 0 Å². The van der Waals surface area contributed by atoms with Gasteiger partial charge >= 0.3 is 6.09 Å². The molecule has 6 atom stereocenters. The van der Waals surface area contributed by atoms with E-state index in [1.807, 2.05) is 18.4 Å². The highest BCUT2D eigenvalue weighted by molar-refractivity contribution is 6.33. The Kier molecular flexibility index (Phi) is 6.50. The third-order valence-electron chi connectivity index (χ3n) is 7.44. The number of nitrogens with one attached hydrogen (secondary N) is 1. The molecular weight excluding hydrogens is 531 g/mol. The number of hydrogen-bond acceptors (Lipinski definition) is 9. The van der Waals surface area contributed by atoms with Gasteiger partial charge in [0.2, 0.25) is 5.95 Å². The Morgan fingerprint density at radius 3 is 2.97 bits per heavy atom. The highest BCUT2D eigenvalue weighted by Crippen LogP contribution is 2.36. The highest BCUT2D eigenvalue weighted by Gasteiger charge is 2.43. The van der Waals surface area contributed by atoms with Gasteiger partial charge in [0.25, 0.3) is 0 Å². The summed E-state index contributed by atoms with van der Waals surface area (Å²) < 4.78 is 41.8. The van der Waals surface area contributed by atoms with Crippen molar-refractivity contribution in [2.45, 2.75) is 63.2 Å². The minimum atomic E-state index is -0.998. The van der Waals surface area contributed by atoms with Crippen LogP contribution < -0.4 is 5.32 Å². The van der Waals surface area contributed by atoms with Crippen LogP contribution in [-0.4, -0.2) is 87.0 Å². The van der Waals surface area contributed by atoms with Gasteiger partial charge in [-0.05, 0) is 32.4 Å². The first-order chi connectivity index (χ1) is 19.2. The molecule has 0 aliphatic carbocycles. The van der Waals surface area contributed by atoms with Gasteiger partial charge in [-0.1, -0.05) is 11.6 Å². The number of benzene rings is 1. The Morgan fingerprint density at radius 1 is 1.38 bits per heavy atom. The van der Waals surface area contributed by atoms with E-state index in [1.54, 1.807) is 11.0 Å². The summed E-state index contributed by atoms with van der Waals surface area (Å²) in [5.74, 6) is 0.239. The van der Waals surface area contributed by atoms with Crippen LogP contribution in [0.2, 0.25) is 5.02 Å². The lowest BCUT2D eigenvalue weighted by molar-refractivity contribution is -0.123. The van der Waals surface area contributed by atoms with Gasteiger partial charge < -0.3 is 34.1 Å². The van der Waals surface area contributed by atoms with Gasteiger partial charge in [0.1, 0.15) is 23.5 Å². The molecule has 3 fully saturated rings. The number of fused-ring (bicyclic) bond motifs is 3. The number of likely N-dealkylation sites (tertiary alicyclic amines) is 1. The number of imidazole rings is 1. The lowest BCUT2D eigenvalue weighted by atomic mass is 10.0. The molecule has 0 saturated carbocycles. The molecule has 11 nitrogen and oxygen atoms in total. The molecule has 1 amide bonds. The van der Waals surface area contributed by atoms with Crippen LogP contribution in [0.3, 0.4) is 0 Å². The van der Waals surface area contributed by atoms with E-state index in [1.165, 1.54) is 19.4 Å². The number of methoxy groups -OCH3 is 1. The second-order valence-corrected chi connectivity index (χ2v) is 10.7. The Balaban J connectivity index is 1.35. The van der Waals surface area contributed by atoms with Crippen molar-refractivity contribution < 1.29 is 29.9 Å². The average Bonchev–Trinajstić information content (AvgIpc) is 3.68. The molecule has 2 aromatic heterocycles. The summed E-state index contributed by atoms with van der Waals surface area (Å²) in [6, 6.07) is 2.36. The van der Waals surface area contributed by atoms with Crippen LogP contribution in [0, 0.1) is 5.82 Å². The van der Waals surface area contributed by atoms with Gasteiger partial charge in [0.05, 0.1) is 42.2 Å². The van der Waals surface area contributed by atoms with Gasteiger partial charge in [-0.3, -0.25) is 0 Å². The predicted octanol–water partition coefficient (Wildman–Crippen LogP) is 3.71. The van der Waals surface area contributed by atoms with E-state index in [9.17, 15) is 9.90 Å². The fourth-order valence-electron chi connectivity index (χ4n) is 5.56. The van der Waals surface area contributed by atoms with E-state index in [2.05, 4.69) is 20.3 Å². The van der Waals surface area contributed by atoms with E-state index < -0.39 is 42.8 Å². The van der Waals surface area contributed by atoms with Crippen molar-refractivity contribution in [3.8, 4) is 11.3 Å². The van der Waals surface area contributed by atoms with Crippen LogP contribution in [0.1, 0.15) is 45.8 Å². The Labute approximate surface area is 230 Å². The summed E-state index contributed by atoms with van der Waals surface area (Å²) in [6.07, 6.45) is -1.51. The van der Waals surface area contributed by atoms with E-state index >= 15 is 4.39 Å². The lowest BCUT2D eigenvalue weighted by Gasteiger charge is -2.32. The van der Waals surface area contributed by atoms with Crippen LogP contribution in [0.15, 0.2) is 18.3 Å². The molecular formula is C26H30ClFN6O5. The second kappa shape index (κ2) is 10.2. The van der Waals surface area contributed by atoms with Crippen LogP contribution in [-0.2, 0) is 14.2 Å². The molecule has 0 radical (unpaired) electrons. The zero-order chi connectivity index (χ0) is 28.3. The van der Waals surface area contributed by atoms with Crippen molar-refractivity contribution >= 4 is 34.7 Å². The molecule has 6 rings (SSSR count). The molecule has 3 aliphatic heterocycles. The third kappa shape index (κ3) is 4.69. The minimum Gasteiger partial charge on any atom is -0.453 e. The van der Waals surface area contributed by atoms with Crippen LogP contribution in [0.4, 0.5) is 15.1 Å². The number of hydrogen-bond donors (Lipinski definition) is 2. The summed E-state index contributed by atoms with van der Waals surface area (Å²) in [5, 5.41) is 13.9. The molecule has 2 N–H and O–H groups in total. The number of ether oxygens (including phenoxy) is 3. The fourth-order valence-corrected chi connectivity index (χ4v) is 5.76. The molecule has 3 aromatic rings. The summed E-state index contributed by atoms with van der Waals surface area (Å²) in [4.78, 5) is 27.1. The first-order valence-electron chi connectivity index (χ1n) is 13.4. The Hall–Kier alpha value is -3.06. The largest absolute Gasteiger partial charge is 0.453 e. The Morgan fingerprint density at radius 2 is 2.21 bits per heavy atom. The smallest absolute Gasteiger partial charge is 0.409 e. The number of aromatic nitrogens is 4. The quantitative estimate of drug-likeness (QED) is 0.479. The molecule has 3 aliphatic rings. The lowest BCUT2D eigenvalue weighted by Crippen LogP contribution is -2.48. The number of rotatable bonds is 5. The zero-order valence-corrected chi connectivity index (χ0v) is 22.4. The molecule has 2 bridgehead atoms. The van der Waals surface area contributed by atoms with Gasteiger partial charge in [0.15, 0.2) is 12.1 Å². The first kappa shape index (κ1) is 24.9. The maximum Gasteiger partial charge on any atom is 0.409 e. The fraction of sp³-hybridized carbons (Fsp3) is 0.538. The summed E-state index contributed by atoms with van der Waals surface area (Å²) >= 11 is 6.49. The van der Waals surface area contributed by atoms with Crippen molar-refractivity contribution in [3.63, 3.8) is 0 Å². The summed E-state index contributed by atoms with van der Waals surface area (Å²) in [6.45, 7) is 5.17. The number of aliphatic hydroxyl groups is 1. The summed E-state index contributed by atoms with van der Waals surface area (Å²) in [7, 11) is 1.35. The zero-order valence-electron chi connectivity index (χ0n) is 22.7. The van der Waals surface area contributed by atoms with Gasteiger partial charge in [-0.2, -0.15) is 0 Å². The minimum absolute atomic E-state index is 0.0403. The van der Waals surface area contributed by atoms with Crippen LogP contribution in [0.25, 0.3) is 22.3 Å². The van der Waals surface area contributed by atoms with Gasteiger partial charge in [0, 0.05) is 38.4 Å². The predicted molar refractivity (Wildman–Crippen MR) is 140 cm³/mol. The number of carbonyl (C=O) groups is 1. The normalized spacial score (nSPS) is 28.8. The van der Waals surface area contributed by atoms with Crippen LogP contribution >= 0.6 is 11.6 Å².